The molecule has 1 N–H and O–H groups in total. The van der Waals surface area contributed by atoms with E-state index in [9.17, 15) is 19.2 Å². The summed E-state index contributed by atoms with van der Waals surface area (Å²) in [6.45, 7) is 13.3. The van der Waals surface area contributed by atoms with Crippen LogP contribution in [0.25, 0.3) is 0 Å². The van der Waals surface area contributed by atoms with Gasteiger partial charge in [-0.1, -0.05) is 0 Å². The molecule has 2 aromatic heterocycles. The molecule has 1 aliphatic rings. The summed E-state index contributed by atoms with van der Waals surface area (Å²) in [6.07, 6.45) is 1.19. The SMILES string of the molecule is CNC(=O)c1ccc(N2CCN(Cc3cnc(C(=O)OC)c(N(C(=O)OC(C)(C)C)C(=O)OC(C)(C)C)c3)CC2)cn1. The van der Waals surface area contributed by atoms with Crippen molar-refractivity contribution in [1.29, 1.82) is 0 Å². The topological polar surface area (TPSA) is 144 Å². The van der Waals surface area contributed by atoms with E-state index in [1.54, 1.807) is 66.9 Å². The average Bonchev–Trinajstić information content (AvgIpc) is 2.91. The van der Waals surface area contributed by atoms with Gasteiger partial charge in [0.15, 0.2) is 5.69 Å². The maximum atomic E-state index is 13.3. The smallest absolute Gasteiger partial charge is 0.424 e. The first-order chi connectivity index (χ1) is 19.6. The number of hydrogen-bond acceptors (Lipinski definition) is 11. The molecule has 0 radical (unpaired) electrons. The van der Waals surface area contributed by atoms with Crippen molar-refractivity contribution in [2.45, 2.75) is 59.3 Å². The lowest BCUT2D eigenvalue weighted by Crippen LogP contribution is -2.46. The second-order valence-corrected chi connectivity index (χ2v) is 11.7. The van der Waals surface area contributed by atoms with Crippen molar-refractivity contribution >= 4 is 35.4 Å². The van der Waals surface area contributed by atoms with Crippen LogP contribution in [-0.2, 0) is 20.8 Å². The molecule has 0 spiro atoms. The fraction of sp³-hybridized carbons (Fsp3) is 0.517. The number of carbonyl (C=O) groups excluding carboxylic acids is 4. The van der Waals surface area contributed by atoms with Gasteiger partial charge in [0.25, 0.3) is 5.91 Å². The van der Waals surface area contributed by atoms with Crippen LogP contribution in [0.5, 0.6) is 0 Å². The van der Waals surface area contributed by atoms with E-state index in [0.717, 1.165) is 5.69 Å². The number of esters is 1. The summed E-state index contributed by atoms with van der Waals surface area (Å²) >= 11 is 0. The third-order valence-corrected chi connectivity index (χ3v) is 6.05. The van der Waals surface area contributed by atoms with Gasteiger partial charge in [0, 0.05) is 46.0 Å². The van der Waals surface area contributed by atoms with E-state index in [0.29, 0.717) is 48.9 Å². The Hall–Kier alpha value is -4.26. The minimum Gasteiger partial charge on any atom is -0.464 e. The molecule has 0 unspecified atom stereocenters. The van der Waals surface area contributed by atoms with Gasteiger partial charge in [0.2, 0.25) is 0 Å². The Labute approximate surface area is 246 Å². The molecule has 1 aliphatic heterocycles. The van der Waals surface area contributed by atoms with Crippen LogP contribution < -0.4 is 15.1 Å². The number of imide groups is 1. The molecule has 3 rings (SSSR count). The standard InChI is InChI=1S/C29H40N6O7/c1-28(2,3)41-26(38)35(27(39)42-29(4,5)6)22-15-19(16-32-23(22)25(37)40-8)18-33-11-13-34(14-12-33)20-9-10-21(31-17-20)24(36)30-7/h9-10,15-17H,11-14,18H2,1-8H3,(H,30,36). The van der Waals surface area contributed by atoms with E-state index in [4.69, 9.17) is 14.2 Å². The van der Waals surface area contributed by atoms with Crippen LogP contribution >= 0.6 is 0 Å². The molecule has 2 aromatic rings. The number of carbonyl (C=O) groups is 4. The van der Waals surface area contributed by atoms with Crippen LogP contribution in [0.4, 0.5) is 21.0 Å². The van der Waals surface area contributed by atoms with Crippen LogP contribution in [0.3, 0.4) is 0 Å². The predicted molar refractivity (Wildman–Crippen MR) is 156 cm³/mol. The first-order valence-corrected chi connectivity index (χ1v) is 13.6. The highest BCUT2D eigenvalue weighted by atomic mass is 16.6. The molecule has 0 atom stereocenters. The number of nitrogens with one attached hydrogen (secondary N) is 1. The van der Waals surface area contributed by atoms with Gasteiger partial charge in [-0.05, 0) is 65.3 Å². The van der Waals surface area contributed by atoms with Crippen LogP contribution in [-0.4, -0.2) is 90.5 Å². The Kier molecular flexibility index (Phi) is 10.1. The number of rotatable bonds is 6. The number of aromatic nitrogens is 2. The lowest BCUT2D eigenvalue weighted by atomic mass is 10.1. The summed E-state index contributed by atoms with van der Waals surface area (Å²) in [6, 6.07) is 5.12. The van der Waals surface area contributed by atoms with Crippen molar-refractivity contribution in [3.8, 4) is 0 Å². The van der Waals surface area contributed by atoms with Crippen molar-refractivity contribution in [2.24, 2.45) is 0 Å². The molecule has 0 aliphatic carbocycles. The Morgan fingerprint density at radius 2 is 1.50 bits per heavy atom. The highest BCUT2D eigenvalue weighted by molar-refractivity contribution is 6.13. The first-order valence-electron chi connectivity index (χ1n) is 13.6. The van der Waals surface area contributed by atoms with Crippen molar-refractivity contribution in [2.75, 3.05) is 50.1 Å². The van der Waals surface area contributed by atoms with Gasteiger partial charge in [-0.15, -0.1) is 0 Å². The molecule has 0 bridgehead atoms. The Balaban J connectivity index is 1.84. The third kappa shape index (κ3) is 8.62. The summed E-state index contributed by atoms with van der Waals surface area (Å²) in [5, 5.41) is 2.56. The summed E-state index contributed by atoms with van der Waals surface area (Å²) in [7, 11) is 2.75. The van der Waals surface area contributed by atoms with E-state index in [2.05, 4.69) is 25.1 Å². The summed E-state index contributed by atoms with van der Waals surface area (Å²) in [4.78, 5) is 64.5. The summed E-state index contributed by atoms with van der Waals surface area (Å²) in [5.74, 6) is -1.06. The molecule has 3 heterocycles. The lowest BCUT2D eigenvalue weighted by Gasteiger charge is -2.36. The Morgan fingerprint density at radius 1 is 0.905 bits per heavy atom. The summed E-state index contributed by atoms with van der Waals surface area (Å²) < 4.78 is 15.9. The zero-order valence-electron chi connectivity index (χ0n) is 25.5. The molecular formula is C29H40N6O7. The number of methoxy groups -OCH3 is 1. The fourth-order valence-corrected chi connectivity index (χ4v) is 4.15. The van der Waals surface area contributed by atoms with Gasteiger partial charge < -0.3 is 24.4 Å². The number of pyridine rings is 2. The molecule has 3 amide bonds. The van der Waals surface area contributed by atoms with Gasteiger partial charge in [-0.25, -0.2) is 24.4 Å². The van der Waals surface area contributed by atoms with E-state index >= 15 is 0 Å². The Morgan fingerprint density at radius 3 is 1.98 bits per heavy atom. The van der Waals surface area contributed by atoms with Gasteiger partial charge in [0.1, 0.15) is 16.9 Å². The largest absolute Gasteiger partial charge is 0.464 e. The van der Waals surface area contributed by atoms with Crippen molar-refractivity contribution in [3.63, 3.8) is 0 Å². The number of hydrogen-bond donors (Lipinski definition) is 1. The highest BCUT2D eigenvalue weighted by Crippen LogP contribution is 2.27. The van der Waals surface area contributed by atoms with Gasteiger partial charge >= 0.3 is 18.2 Å². The molecule has 0 aromatic carbocycles. The molecular weight excluding hydrogens is 544 g/mol. The zero-order valence-corrected chi connectivity index (χ0v) is 25.5. The Bertz CT molecular complexity index is 1270. The maximum absolute atomic E-state index is 13.3. The van der Waals surface area contributed by atoms with Gasteiger partial charge in [-0.3, -0.25) is 9.69 Å². The van der Waals surface area contributed by atoms with E-state index in [-0.39, 0.29) is 17.3 Å². The number of anilines is 2. The van der Waals surface area contributed by atoms with Crippen molar-refractivity contribution in [1.82, 2.24) is 20.2 Å². The normalized spacial score (nSPS) is 14.1. The zero-order chi connectivity index (χ0) is 31.2. The third-order valence-electron chi connectivity index (χ3n) is 6.05. The molecule has 1 saturated heterocycles. The minimum absolute atomic E-state index is 0.0937. The van der Waals surface area contributed by atoms with Gasteiger partial charge in [0.05, 0.1) is 24.7 Å². The van der Waals surface area contributed by atoms with Crippen LogP contribution in [0.1, 0.15) is 68.1 Å². The van der Waals surface area contributed by atoms with Crippen LogP contribution in [0.15, 0.2) is 30.6 Å². The molecule has 228 valence electrons. The number of piperazine rings is 1. The maximum Gasteiger partial charge on any atom is 0.424 e. The minimum atomic E-state index is -1.01. The van der Waals surface area contributed by atoms with E-state index < -0.39 is 29.4 Å². The molecule has 1 fully saturated rings. The molecule has 13 nitrogen and oxygen atoms in total. The van der Waals surface area contributed by atoms with Crippen molar-refractivity contribution in [3.05, 3.63) is 47.5 Å². The monoisotopic (exact) mass is 584 g/mol. The quantitative estimate of drug-likeness (QED) is 0.393. The highest BCUT2D eigenvalue weighted by Gasteiger charge is 2.36. The fourth-order valence-electron chi connectivity index (χ4n) is 4.15. The van der Waals surface area contributed by atoms with Crippen LogP contribution in [0.2, 0.25) is 0 Å². The number of nitrogens with zero attached hydrogens (tertiary/aromatic N) is 5. The number of amides is 3. The van der Waals surface area contributed by atoms with E-state index in [1.165, 1.54) is 13.3 Å². The predicted octanol–water partition coefficient (Wildman–Crippen LogP) is 3.62. The molecule has 13 heteroatoms. The van der Waals surface area contributed by atoms with Crippen molar-refractivity contribution < 1.29 is 33.4 Å². The average molecular weight is 585 g/mol. The molecule has 0 saturated carbocycles. The second-order valence-electron chi connectivity index (χ2n) is 11.7. The number of ether oxygens (including phenoxy) is 3. The summed E-state index contributed by atoms with van der Waals surface area (Å²) in [5.41, 5.74) is -0.235. The lowest BCUT2D eigenvalue weighted by molar-refractivity contribution is 0.0430. The van der Waals surface area contributed by atoms with Gasteiger partial charge in [-0.2, -0.15) is 4.90 Å². The van der Waals surface area contributed by atoms with E-state index in [1.807, 2.05) is 6.07 Å². The molecule has 42 heavy (non-hydrogen) atoms. The second kappa shape index (κ2) is 13.1. The van der Waals surface area contributed by atoms with Crippen LogP contribution in [0, 0.1) is 0 Å². The first kappa shape index (κ1) is 32.3.